The molecule has 4 rings (SSSR count). The SMILES string of the molecule is Cc1ccc(-c2cn3c(CC(=O)Nc4ccc(F)cc4Cl)csc3n2)cc1. The second kappa shape index (κ2) is 7.13. The van der Waals surface area contributed by atoms with Crippen molar-refractivity contribution in [3.63, 3.8) is 0 Å². The van der Waals surface area contributed by atoms with Gasteiger partial charge in [0, 0.05) is 22.8 Å². The van der Waals surface area contributed by atoms with E-state index in [0.29, 0.717) is 5.69 Å². The summed E-state index contributed by atoms with van der Waals surface area (Å²) >= 11 is 7.45. The Bertz CT molecular complexity index is 1130. The van der Waals surface area contributed by atoms with Gasteiger partial charge in [-0.2, -0.15) is 0 Å². The van der Waals surface area contributed by atoms with Gasteiger partial charge in [0.1, 0.15) is 5.82 Å². The molecule has 1 N–H and O–H groups in total. The molecule has 2 aromatic carbocycles. The third-order valence-corrected chi connectivity index (χ3v) is 5.38. The highest BCUT2D eigenvalue weighted by Crippen LogP contribution is 2.25. The molecule has 0 unspecified atom stereocenters. The Kier molecular flexibility index (Phi) is 4.68. The third-order valence-electron chi connectivity index (χ3n) is 4.18. The molecule has 0 bridgehead atoms. The largest absolute Gasteiger partial charge is 0.324 e. The van der Waals surface area contributed by atoms with Crippen molar-refractivity contribution in [2.24, 2.45) is 0 Å². The predicted molar refractivity (Wildman–Crippen MR) is 107 cm³/mol. The van der Waals surface area contributed by atoms with E-state index in [2.05, 4.69) is 10.3 Å². The number of nitrogens with zero attached hydrogens (tertiary/aromatic N) is 2. The van der Waals surface area contributed by atoms with Crippen LogP contribution in [0, 0.1) is 12.7 Å². The molecular formula is C20H15ClFN3OS. The number of benzene rings is 2. The number of aromatic nitrogens is 2. The fourth-order valence-corrected chi connectivity index (χ4v) is 3.86. The number of anilines is 1. The average Bonchev–Trinajstić information content (AvgIpc) is 3.20. The number of aryl methyl sites for hydroxylation is 1. The molecule has 0 aliphatic carbocycles. The van der Waals surface area contributed by atoms with E-state index in [4.69, 9.17) is 11.6 Å². The minimum atomic E-state index is -0.445. The molecule has 0 aliphatic heterocycles. The Hall–Kier alpha value is -2.70. The molecule has 0 aliphatic rings. The van der Waals surface area contributed by atoms with Crippen LogP contribution in [0.5, 0.6) is 0 Å². The van der Waals surface area contributed by atoms with Crippen LogP contribution in [0.2, 0.25) is 5.02 Å². The summed E-state index contributed by atoms with van der Waals surface area (Å²) in [6.07, 6.45) is 2.10. The van der Waals surface area contributed by atoms with Crippen molar-refractivity contribution >= 4 is 39.5 Å². The highest BCUT2D eigenvalue weighted by atomic mass is 35.5. The fourth-order valence-electron chi connectivity index (χ4n) is 2.77. The standard InChI is InChI=1S/C20H15ClFN3OS/c1-12-2-4-13(5-3-12)18-10-25-15(11-27-20(25)24-18)9-19(26)23-17-7-6-14(22)8-16(17)21/h2-8,10-11H,9H2,1H3,(H,23,26). The fraction of sp³-hybridized carbons (Fsp3) is 0.100. The minimum Gasteiger partial charge on any atom is -0.324 e. The second-order valence-electron chi connectivity index (χ2n) is 6.22. The Morgan fingerprint density at radius 2 is 2.04 bits per heavy atom. The van der Waals surface area contributed by atoms with Crippen LogP contribution in [0.25, 0.3) is 16.2 Å². The van der Waals surface area contributed by atoms with Gasteiger partial charge < -0.3 is 5.32 Å². The van der Waals surface area contributed by atoms with Crippen molar-refractivity contribution < 1.29 is 9.18 Å². The summed E-state index contributed by atoms with van der Waals surface area (Å²) in [5.41, 5.74) is 4.31. The number of hydrogen-bond acceptors (Lipinski definition) is 3. The summed E-state index contributed by atoms with van der Waals surface area (Å²) in [6, 6.07) is 12.0. The Morgan fingerprint density at radius 1 is 1.26 bits per heavy atom. The first-order valence-corrected chi connectivity index (χ1v) is 9.53. The van der Waals surface area contributed by atoms with Gasteiger partial charge in [-0.05, 0) is 25.1 Å². The smallest absolute Gasteiger partial charge is 0.230 e. The summed E-state index contributed by atoms with van der Waals surface area (Å²) in [7, 11) is 0. The topological polar surface area (TPSA) is 46.4 Å². The average molecular weight is 400 g/mol. The van der Waals surface area contributed by atoms with Crippen LogP contribution in [0.1, 0.15) is 11.3 Å². The number of carbonyl (C=O) groups is 1. The van der Waals surface area contributed by atoms with Gasteiger partial charge in [0.15, 0.2) is 4.96 Å². The van der Waals surface area contributed by atoms with Crippen molar-refractivity contribution in [2.75, 3.05) is 5.32 Å². The van der Waals surface area contributed by atoms with Crippen LogP contribution in [-0.4, -0.2) is 15.3 Å². The van der Waals surface area contributed by atoms with Crippen molar-refractivity contribution in [3.05, 3.63) is 76.1 Å². The lowest BCUT2D eigenvalue weighted by molar-refractivity contribution is -0.115. The minimum absolute atomic E-state index is 0.164. The first-order valence-electron chi connectivity index (χ1n) is 8.27. The number of fused-ring (bicyclic) bond motifs is 1. The van der Waals surface area contributed by atoms with E-state index in [0.717, 1.165) is 21.9 Å². The maximum absolute atomic E-state index is 13.1. The zero-order valence-corrected chi connectivity index (χ0v) is 15.9. The highest BCUT2D eigenvalue weighted by molar-refractivity contribution is 7.15. The number of halogens is 2. The molecule has 0 radical (unpaired) electrons. The molecule has 0 fully saturated rings. The molecular weight excluding hydrogens is 385 g/mol. The summed E-state index contributed by atoms with van der Waals surface area (Å²) in [6.45, 7) is 2.04. The van der Waals surface area contributed by atoms with E-state index < -0.39 is 5.82 Å². The van der Waals surface area contributed by atoms with E-state index in [1.54, 1.807) is 0 Å². The van der Waals surface area contributed by atoms with E-state index in [9.17, 15) is 9.18 Å². The molecule has 0 saturated heterocycles. The first-order chi connectivity index (χ1) is 13.0. The molecule has 1 amide bonds. The third kappa shape index (κ3) is 3.72. The van der Waals surface area contributed by atoms with Crippen LogP contribution in [0.4, 0.5) is 10.1 Å². The molecule has 2 aromatic heterocycles. The monoisotopic (exact) mass is 399 g/mol. The van der Waals surface area contributed by atoms with Gasteiger partial charge in [-0.15, -0.1) is 11.3 Å². The van der Waals surface area contributed by atoms with Crippen molar-refractivity contribution in [1.29, 1.82) is 0 Å². The van der Waals surface area contributed by atoms with E-state index in [1.165, 1.54) is 35.1 Å². The number of amides is 1. The maximum atomic E-state index is 13.1. The van der Waals surface area contributed by atoms with E-state index in [-0.39, 0.29) is 17.4 Å². The van der Waals surface area contributed by atoms with Gasteiger partial charge in [0.2, 0.25) is 5.91 Å². The number of rotatable bonds is 4. The lowest BCUT2D eigenvalue weighted by Crippen LogP contribution is -2.15. The first kappa shape index (κ1) is 17.7. The van der Waals surface area contributed by atoms with Gasteiger partial charge in [0.05, 0.1) is 22.8 Å². The van der Waals surface area contributed by atoms with Crippen LogP contribution < -0.4 is 5.32 Å². The van der Waals surface area contributed by atoms with Gasteiger partial charge in [-0.3, -0.25) is 9.20 Å². The van der Waals surface area contributed by atoms with Gasteiger partial charge in [-0.25, -0.2) is 9.37 Å². The zero-order valence-electron chi connectivity index (χ0n) is 14.4. The molecule has 2 heterocycles. The molecule has 27 heavy (non-hydrogen) atoms. The quantitative estimate of drug-likeness (QED) is 0.503. The molecule has 4 nitrogen and oxygen atoms in total. The van der Waals surface area contributed by atoms with Crippen LogP contribution >= 0.6 is 22.9 Å². The van der Waals surface area contributed by atoms with Crippen LogP contribution in [-0.2, 0) is 11.2 Å². The van der Waals surface area contributed by atoms with Crippen molar-refractivity contribution in [3.8, 4) is 11.3 Å². The normalized spacial score (nSPS) is 11.1. The van der Waals surface area contributed by atoms with Crippen LogP contribution in [0.3, 0.4) is 0 Å². The molecule has 136 valence electrons. The maximum Gasteiger partial charge on any atom is 0.230 e. The zero-order chi connectivity index (χ0) is 19.0. The number of nitrogens with one attached hydrogen (secondary N) is 1. The second-order valence-corrected chi connectivity index (χ2v) is 7.46. The summed E-state index contributed by atoms with van der Waals surface area (Å²) < 4.78 is 15.0. The lowest BCUT2D eigenvalue weighted by Gasteiger charge is -2.07. The Labute approximate surface area is 164 Å². The summed E-state index contributed by atoms with van der Waals surface area (Å²) in [4.78, 5) is 17.8. The van der Waals surface area contributed by atoms with E-state index >= 15 is 0 Å². The molecule has 0 atom stereocenters. The molecule has 0 saturated carbocycles. The lowest BCUT2D eigenvalue weighted by atomic mass is 10.1. The molecule has 0 spiro atoms. The number of imidazole rings is 1. The Morgan fingerprint density at radius 3 is 2.78 bits per heavy atom. The van der Waals surface area contributed by atoms with Gasteiger partial charge in [0.25, 0.3) is 0 Å². The van der Waals surface area contributed by atoms with E-state index in [1.807, 2.05) is 47.2 Å². The van der Waals surface area contributed by atoms with Gasteiger partial charge in [-0.1, -0.05) is 41.4 Å². The summed E-state index contributed by atoms with van der Waals surface area (Å²) in [5, 5.41) is 4.80. The number of thiazole rings is 1. The summed E-state index contributed by atoms with van der Waals surface area (Å²) in [5.74, 6) is -0.673. The number of hydrogen-bond donors (Lipinski definition) is 1. The molecule has 7 heteroatoms. The van der Waals surface area contributed by atoms with Gasteiger partial charge >= 0.3 is 0 Å². The van der Waals surface area contributed by atoms with Crippen molar-refractivity contribution in [1.82, 2.24) is 9.38 Å². The highest BCUT2D eigenvalue weighted by Gasteiger charge is 2.14. The predicted octanol–water partition coefficient (Wildman–Crippen LogP) is 5.34. The number of carbonyl (C=O) groups excluding carboxylic acids is 1. The van der Waals surface area contributed by atoms with Crippen molar-refractivity contribution in [2.45, 2.75) is 13.3 Å². The van der Waals surface area contributed by atoms with Crippen LogP contribution in [0.15, 0.2) is 54.0 Å². The Balaban J connectivity index is 1.55. The molecule has 4 aromatic rings.